The predicted octanol–water partition coefficient (Wildman–Crippen LogP) is 4.20. The number of aliphatic hydroxyl groups is 1. The molecule has 3 aromatic rings. The molecule has 144 valence electrons. The van der Waals surface area contributed by atoms with E-state index in [-0.39, 0.29) is 24.7 Å². The van der Waals surface area contributed by atoms with Crippen LogP contribution in [0.25, 0.3) is 11.1 Å². The van der Waals surface area contributed by atoms with Gasteiger partial charge in [-0.1, -0.05) is 12.1 Å². The number of urea groups is 1. The minimum atomic E-state index is -0.734. The van der Waals surface area contributed by atoms with Gasteiger partial charge in [-0.3, -0.25) is 9.80 Å². The van der Waals surface area contributed by atoms with Crippen LogP contribution in [0.2, 0.25) is 0 Å². The Morgan fingerprint density at radius 3 is 2.50 bits per heavy atom. The molecule has 1 unspecified atom stereocenters. The quantitative estimate of drug-likeness (QED) is 0.716. The number of aromatic nitrogens is 1. The SMILES string of the molecule is Cc1csc(N2CC(O)CN(c3ccc(-c4cc(F)ccc4F)cc3)C2=O)n1. The van der Waals surface area contributed by atoms with Crippen molar-refractivity contribution in [3.05, 3.63) is 65.2 Å². The third kappa shape index (κ3) is 3.48. The van der Waals surface area contributed by atoms with Gasteiger partial charge in [-0.25, -0.2) is 18.6 Å². The Labute approximate surface area is 164 Å². The molecule has 1 aromatic heterocycles. The number of β-amino-alcohol motifs (C(OH)–C–C–N with tert-alkyl or cyclic N) is 1. The zero-order valence-electron chi connectivity index (χ0n) is 15.0. The van der Waals surface area contributed by atoms with E-state index in [1.54, 1.807) is 24.3 Å². The Bertz CT molecular complexity index is 1020. The van der Waals surface area contributed by atoms with E-state index in [1.807, 2.05) is 12.3 Å². The van der Waals surface area contributed by atoms with Crippen molar-refractivity contribution in [2.75, 3.05) is 22.9 Å². The van der Waals surface area contributed by atoms with Crippen LogP contribution in [0.3, 0.4) is 0 Å². The van der Waals surface area contributed by atoms with Crippen LogP contribution in [0.5, 0.6) is 0 Å². The number of thiazole rings is 1. The molecule has 2 aromatic carbocycles. The van der Waals surface area contributed by atoms with Crippen LogP contribution in [0.4, 0.5) is 24.4 Å². The summed E-state index contributed by atoms with van der Waals surface area (Å²) in [5, 5.41) is 12.6. The third-order valence-corrected chi connectivity index (χ3v) is 5.49. The van der Waals surface area contributed by atoms with Gasteiger partial charge >= 0.3 is 6.03 Å². The van der Waals surface area contributed by atoms with Crippen molar-refractivity contribution in [1.82, 2.24) is 4.98 Å². The zero-order chi connectivity index (χ0) is 19.8. The summed E-state index contributed by atoms with van der Waals surface area (Å²) in [6.45, 7) is 2.16. The molecule has 1 N–H and O–H groups in total. The minimum Gasteiger partial charge on any atom is -0.389 e. The van der Waals surface area contributed by atoms with Gasteiger partial charge < -0.3 is 5.11 Å². The monoisotopic (exact) mass is 401 g/mol. The first-order chi connectivity index (χ1) is 13.4. The first-order valence-corrected chi connectivity index (χ1v) is 9.55. The second kappa shape index (κ2) is 7.29. The summed E-state index contributed by atoms with van der Waals surface area (Å²) >= 11 is 1.34. The molecule has 0 spiro atoms. The number of carbonyl (C=O) groups excluding carboxylic acids is 1. The number of halogens is 2. The Balaban J connectivity index is 1.62. The summed E-state index contributed by atoms with van der Waals surface area (Å²) in [6.07, 6.45) is -0.734. The molecule has 2 amide bonds. The fourth-order valence-electron chi connectivity index (χ4n) is 3.16. The lowest BCUT2D eigenvalue weighted by molar-refractivity contribution is 0.171. The maximum absolute atomic E-state index is 14.0. The lowest BCUT2D eigenvalue weighted by atomic mass is 10.0. The van der Waals surface area contributed by atoms with Crippen LogP contribution >= 0.6 is 11.3 Å². The highest BCUT2D eigenvalue weighted by molar-refractivity contribution is 7.14. The van der Waals surface area contributed by atoms with Crippen LogP contribution in [0, 0.1) is 18.6 Å². The molecule has 2 heterocycles. The summed E-state index contributed by atoms with van der Waals surface area (Å²) in [5.41, 5.74) is 2.01. The van der Waals surface area contributed by atoms with E-state index in [2.05, 4.69) is 4.98 Å². The number of nitrogens with zero attached hydrogens (tertiary/aromatic N) is 3. The Kier molecular flexibility index (Phi) is 4.82. The van der Waals surface area contributed by atoms with Crippen LogP contribution in [0.15, 0.2) is 47.8 Å². The Morgan fingerprint density at radius 2 is 1.82 bits per heavy atom. The van der Waals surface area contributed by atoms with Crippen molar-refractivity contribution in [3.8, 4) is 11.1 Å². The number of benzene rings is 2. The van der Waals surface area contributed by atoms with Crippen LogP contribution in [-0.2, 0) is 0 Å². The van der Waals surface area contributed by atoms with Gasteiger partial charge in [0.05, 0.1) is 24.9 Å². The Hall–Kier alpha value is -2.84. The second-order valence-corrected chi connectivity index (χ2v) is 7.44. The molecule has 8 heteroatoms. The van der Waals surface area contributed by atoms with Crippen LogP contribution in [0.1, 0.15) is 5.69 Å². The van der Waals surface area contributed by atoms with Gasteiger partial charge in [0.2, 0.25) is 0 Å². The predicted molar refractivity (Wildman–Crippen MR) is 105 cm³/mol. The average Bonchev–Trinajstić information content (AvgIpc) is 3.11. The standard InChI is InChI=1S/C20H17F2N3O2S/c1-12-11-28-19(23-12)25-10-16(26)9-24(20(25)27)15-5-2-13(3-6-15)17-8-14(21)4-7-18(17)22/h2-8,11,16,26H,9-10H2,1H3. The molecule has 1 atom stereocenters. The minimum absolute atomic E-state index is 0.146. The topological polar surface area (TPSA) is 56.7 Å². The smallest absolute Gasteiger partial charge is 0.330 e. The van der Waals surface area contributed by atoms with Crippen molar-refractivity contribution in [1.29, 1.82) is 0 Å². The van der Waals surface area contributed by atoms with Crippen LogP contribution < -0.4 is 9.80 Å². The van der Waals surface area contributed by atoms with Gasteiger partial charge in [0.1, 0.15) is 11.6 Å². The number of aryl methyl sites for hydroxylation is 1. The molecule has 0 radical (unpaired) electrons. The summed E-state index contributed by atoms with van der Waals surface area (Å²) in [5.74, 6) is -1.05. The van der Waals surface area contributed by atoms with E-state index in [0.29, 0.717) is 16.4 Å². The number of amides is 2. The Morgan fingerprint density at radius 1 is 1.11 bits per heavy atom. The molecule has 1 aliphatic heterocycles. The zero-order valence-corrected chi connectivity index (χ0v) is 15.8. The summed E-state index contributed by atoms with van der Waals surface area (Å²) in [7, 11) is 0. The number of anilines is 2. The van der Waals surface area contributed by atoms with Crippen molar-refractivity contribution < 1.29 is 18.7 Å². The highest BCUT2D eigenvalue weighted by Gasteiger charge is 2.34. The molecule has 4 rings (SSSR count). The molecule has 0 saturated carbocycles. The number of hydrogen-bond acceptors (Lipinski definition) is 4. The molecular formula is C20H17F2N3O2S. The molecule has 0 aliphatic carbocycles. The van der Waals surface area contributed by atoms with E-state index < -0.39 is 17.7 Å². The van der Waals surface area contributed by atoms with Gasteiger partial charge in [-0.05, 0) is 42.8 Å². The maximum Gasteiger partial charge on any atom is 0.330 e. The number of aliphatic hydroxyl groups excluding tert-OH is 1. The van der Waals surface area contributed by atoms with Gasteiger partial charge in [-0.15, -0.1) is 11.3 Å². The van der Waals surface area contributed by atoms with Crippen molar-refractivity contribution >= 4 is 28.2 Å². The highest BCUT2D eigenvalue weighted by Crippen LogP contribution is 2.30. The van der Waals surface area contributed by atoms with E-state index in [1.165, 1.54) is 21.1 Å². The lowest BCUT2D eigenvalue weighted by Crippen LogP contribution is -2.56. The van der Waals surface area contributed by atoms with Gasteiger partial charge in [-0.2, -0.15) is 0 Å². The first-order valence-electron chi connectivity index (χ1n) is 8.67. The number of rotatable bonds is 3. The largest absolute Gasteiger partial charge is 0.389 e. The highest BCUT2D eigenvalue weighted by atomic mass is 32.1. The molecule has 1 saturated heterocycles. The van der Waals surface area contributed by atoms with Crippen molar-refractivity contribution in [2.45, 2.75) is 13.0 Å². The van der Waals surface area contributed by atoms with Crippen molar-refractivity contribution in [2.24, 2.45) is 0 Å². The van der Waals surface area contributed by atoms with E-state index in [9.17, 15) is 18.7 Å². The second-order valence-electron chi connectivity index (χ2n) is 6.60. The normalized spacial score (nSPS) is 17.3. The lowest BCUT2D eigenvalue weighted by Gasteiger charge is -2.37. The van der Waals surface area contributed by atoms with E-state index in [4.69, 9.17) is 0 Å². The third-order valence-electron chi connectivity index (χ3n) is 4.50. The van der Waals surface area contributed by atoms with Gasteiger partial charge in [0, 0.05) is 16.6 Å². The fourth-order valence-corrected chi connectivity index (χ4v) is 3.97. The number of hydrogen-bond donors (Lipinski definition) is 1. The van der Waals surface area contributed by atoms with Crippen LogP contribution in [-0.4, -0.2) is 35.3 Å². The van der Waals surface area contributed by atoms with Crippen molar-refractivity contribution in [3.63, 3.8) is 0 Å². The first kappa shape index (κ1) is 18.5. The maximum atomic E-state index is 14.0. The molecule has 28 heavy (non-hydrogen) atoms. The summed E-state index contributed by atoms with van der Waals surface area (Å²) in [6, 6.07) is 9.55. The summed E-state index contributed by atoms with van der Waals surface area (Å²) < 4.78 is 27.4. The number of carbonyl (C=O) groups is 1. The molecule has 5 nitrogen and oxygen atoms in total. The molecule has 1 aliphatic rings. The van der Waals surface area contributed by atoms with Gasteiger partial charge in [0.15, 0.2) is 5.13 Å². The fraction of sp³-hybridized carbons (Fsp3) is 0.200. The average molecular weight is 401 g/mol. The molecule has 0 bridgehead atoms. The summed E-state index contributed by atoms with van der Waals surface area (Å²) in [4.78, 5) is 20.2. The van der Waals surface area contributed by atoms with E-state index >= 15 is 0 Å². The van der Waals surface area contributed by atoms with E-state index in [0.717, 1.165) is 23.9 Å². The molecule has 1 fully saturated rings. The molecular weight excluding hydrogens is 384 g/mol. The van der Waals surface area contributed by atoms with Gasteiger partial charge in [0.25, 0.3) is 0 Å².